The quantitative estimate of drug-likeness (QED) is 0.393. The molecule has 2 fully saturated rings. The van der Waals surface area contributed by atoms with E-state index in [1.165, 1.54) is 19.3 Å². The fraction of sp³-hybridized carbons (Fsp3) is 0.467. The molecule has 1 saturated heterocycles. The van der Waals surface area contributed by atoms with Crippen molar-refractivity contribution < 1.29 is 4.74 Å². The lowest BCUT2D eigenvalue weighted by atomic mass is 9.94. The highest BCUT2D eigenvalue weighted by Gasteiger charge is 2.35. The summed E-state index contributed by atoms with van der Waals surface area (Å²) in [5.74, 6) is 1.64. The second-order valence-electron chi connectivity index (χ2n) is 10.9. The largest absolute Gasteiger partial charge is 0.495 e. The highest BCUT2D eigenvalue weighted by atomic mass is 16.5. The molecular formula is C30H37N7O2. The van der Waals surface area contributed by atoms with Crippen molar-refractivity contribution in [3.8, 4) is 5.75 Å². The molecule has 6 rings (SSSR count). The second kappa shape index (κ2) is 10.8. The smallest absolute Gasteiger partial charge is 0.253 e. The Labute approximate surface area is 228 Å². The number of hydrogen-bond acceptors (Lipinski definition) is 7. The van der Waals surface area contributed by atoms with E-state index < -0.39 is 0 Å². The summed E-state index contributed by atoms with van der Waals surface area (Å²) < 4.78 is 7.64. The SMILES string of the molecule is COc1ccccc1N1CCN([C@H](c2cc3ccc(C)c(C)c3[nH]c2=O)c2nnnn2C2CCCCC2)CC1. The van der Waals surface area contributed by atoms with Crippen LogP contribution in [0.2, 0.25) is 0 Å². The molecule has 1 N–H and O–H groups in total. The van der Waals surface area contributed by atoms with Crippen LogP contribution in [-0.4, -0.2) is 63.4 Å². The summed E-state index contributed by atoms with van der Waals surface area (Å²) in [4.78, 5) is 21.7. The monoisotopic (exact) mass is 527 g/mol. The lowest BCUT2D eigenvalue weighted by molar-refractivity contribution is 0.192. The molecule has 39 heavy (non-hydrogen) atoms. The molecule has 0 radical (unpaired) electrons. The van der Waals surface area contributed by atoms with Crippen LogP contribution in [0, 0.1) is 13.8 Å². The van der Waals surface area contributed by atoms with Gasteiger partial charge < -0.3 is 14.6 Å². The van der Waals surface area contributed by atoms with Gasteiger partial charge in [-0.25, -0.2) is 4.68 Å². The summed E-state index contributed by atoms with van der Waals surface area (Å²) in [6, 6.07) is 14.3. The number of anilines is 1. The number of aryl methyl sites for hydroxylation is 2. The topological polar surface area (TPSA) is 92.2 Å². The third kappa shape index (κ3) is 4.80. The van der Waals surface area contributed by atoms with E-state index >= 15 is 0 Å². The van der Waals surface area contributed by atoms with Crippen LogP contribution >= 0.6 is 0 Å². The van der Waals surface area contributed by atoms with Gasteiger partial charge in [0, 0.05) is 31.7 Å². The molecule has 1 aliphatic heterocycles. The average Bonchev–Trinajstić information content (AvgIpc) is 3.46. The van der Waals surface area contributed by atoms with Crippen molar-refractivity contribution in [2.45, 2.75) is 58.0 Å². The molecule has 9 nitrogen and oxygen atoms in total. The molecular weight excluding hydrogens is 490 g/mol. The van der Waals surface area contributed by atoms with E-state index in [0.717, 1.165) is 78.3 Å². The normalized spacial score (nSPS) is 18.0. The van der Waals surface area contributed by atoms with Crippen molar-refractivity contribution >= 4 is 16.6 Å². The number of benzene rings is 2. The number of hydrogen-bond donors (Lipinski definition) is 1. The van der Waals surface area contributed by atoms with Gasteiger partial charge in [0.05, 0.1) is 24.4 Å². The van der Waals surface area contributed by atoms with Crippen LogP contribution in [-0.2, 0) is 0 Å². The predicted octanol–water partition coefficient (Wildman–Crippen LogP) is 4.56. The van der Waals surface area contributed by atoms with Crippen LogP contribution in [0.4, 0.5) is 5.69 Å². The molecule has 2 aromatic carbocycles. The minimum absolute atomic E-state index is 0.0773. The first kappa shape index (κ1) is 25.6. The number of pyridine rings is 1. The number of ether oxygens (including phenoxy) is 1. The molecule has 2 aliphatic rings. The Morgan fingerprint density at radius 1 is 1.00 bits per heavy atom. The average molecular weight is 528 g/mol. The summed E-state index contributed by atoms with van der Waals surface area (Å²) in [7, 11) is 1.71. The predicted molar refractivity (Wildman–Crippen MR) is 153 cm³/mol. The fourth-order valence-corrected chi connectivity index (χ4v) is 6.32. The number of methoxy groups -OCH3 is 1. The van der Waals surface area contributed by atoms with Crippen molar-refractivity contribution in [1.82, 2.24) is 30.1 Å². The number of aromatic amines is 1. The zero-order valence-electron chi connectivity index (χ0n) is 23.1. The number of aromatic nitrogens is 5. The summed E-state index contributed by atoms with van der Waals surface area (Å²) in [5, 5.41) is 14.2. The van der Waals surface area contributed by atoms with E-state index in [9.17, 15) is 4.79 Å². The number of para-hydroxylation sites is 2. The first-order chi connectivity index (χ1) is 19.0. The van der Waals surface area contributed by atoms with Gasteiger partial charge in [-0.3, -0.25) is 9.69 Å². The molecule has 2 aromatic heterocycles. The number of piperazine rings is 1. The molecule has 0 amide bonds. The van der Waals surface area contributed by atoms with Crippen molar-refractivity contribution in [3.63, 3.8) is 0 Å². The Balaban J connectivity index is 1.40. The number of rotatable bonds is 6. The maximum Gasteiger partial charge on any atom is 0.253 e. The van der Waals surface area contributed by atoms with E-state index in [1.54, 1.807) is 7.11 Å². The lowest BCUT2D eigenvalue weighted by Crippen LogP contribution is -2.49. The Kier molecular flexibility index (Phi) is 7.08. The van der Waals surface area contributed by atoms with Gasteiger partial charge in [-0.2, -0.15) is 0 Å². The molecule has 1 atom stereocenters. The molecule has 1 aliphatic carbocycles. The molecule has 9 heteroatoms. The first-order valence-corrected chi connectivity index (χ1v) is 14.1. The van der Waals surface area contributed by atoms with Crippen molar-refractivity contribution in [2.75, 3.05) is 38.2 Å². The second-order valence-corrected chi connectivity index (χ2v) is 10.9. The number of nitrogens with one attached hydrogen (secondary N) is 1. The van der Waals surface area contributed by atoms with Crippen molar-refractivity contribution in [2.24, 2.45) is 0 Å². The third-order valence-corrected chi connectivity index (χ3v) is 8.66. The van der Waals surface area contributed by atoms with Gasteiger partial charge >= 0.3 is 0 Å². The van der Waals surface area contributed by atoms with E-state index in [4.69, 9.17) is 4.74 Å². The summed E-state index contributed by atoms with van der Waals surface area (Å²) in [6.45, 7) is 7.29. The first-order valence-electron chi connectivity index (χ1n) is 14.1. The highest BCUT2D eigenvalue weighted by molar-refractivity contribution is 5.83. The van der Waals surface area contributed by atoms with Crippen LogP contribution in [0.1, 0.15) is 66.7 Å². The summed E-state index contributed by atoms with van der Waals surface area (Å²) >= 11 is 0. The van der Waals surface area contributed by atoms with Crippen LogP contribution in [0.15, 0.2) is 47.3 Å². The van der Waals surface area contributed by atoms with E-state index in [1.807, 2.05) is 22.9 Å². The summed E-state index contributed by atoms with van der Waals surface area (Å²) in [5.41, 5.74) is 4.88. The fourth-order valence-electron chi connectivity index (χ4n) is 6.32. The van der Waals surface area contributed by atoms with Crippen molar-refractivity contribution in [3.05, 3.63) is 75.3 Å². The van der Waals surface area contributed by atoms with Crippen LogP contribution in [0.5, 0.6) is 5.75 Å². The third-order valence-electron chi connectivity index (χ3n) is 8.66. The van der Waals surface area contributed by atoms with Gasteiger partial charge in [0.2, 0.25) is 0 Å². The lowest BCUT2D eigenvalue weighted by Gasteiger charge is -2.40. The number of H-pyrrole nitrogens is 1. The number of nitrogens with zero attached hydrogens (tertiary/aromatic N) is 6. The maximum atomic E-state index is 13.7. The highest BCUT2D eigenvalue weighted by Crippen LogP contribution is 2.35. The Morgan fingerprint density at radius 3 is 2.54 bits per heavy atom. The maximum absolute atomic E-state index is 13.7. The van der Waals surface area contributed by atoms with Gasteiger partial charge in [0.25, 0.3) is 5.56 Å². The minimum atomic E-state index is -0.337. The molecule has 204 valence electrons. The Hall–Kier alpha value is -3.72. The number of tetrazole rings is 1. The van der Waals surface area contributed by atoms with Gasteiger partial charge in [-0.1, -0.05) is 43.5 Å². The molecule has 0 unspecified atom stereocenters. The van der Waals surface area contributed by atoms with Crippen molar-refractivity contribution in [1.29, 1.82) is 0 Å². The van der Waals surface area contributed by atoms with Gasteiger partial charge in [0.15, 0.2) is 5.82 Å². The standard InChI is InChI=1S/C30H37N7O2/c1-20-13-14-22-19-24(30(38)31-27(22)21(20)2)28(29-32-33-34-37(29)23-9-5-4-6-10-23)36-17-15-35(16-18-36)25-11-7-8-12-26(25)39-3/h7-8,11-14,19,23,28H,4-6,9-10,15-18H2,1-3H3,(H,31,38)/t28-/m1/s1. The molecule has 1 saturated carbocycles. The number of fused-ring (bicyclic) bond motifs is 1. The van der Waals surface area contributed by atoms with E-state index in [2.05, 4.69) is 68.4 Å². The zero-order valence-corrected chi connectivity index (χ0v) is 23.1. The van der Waals surface area contributed by atoms with Crippen LogP contribution in [0.3, 0.4) is 0 Å². The Bertz CT molecular complexity index is 1510. The van der Waals surface area contributed by atoms with Crippen LogP contribution in [0.25, 0.3) is 10.9 Å². The van der Waals surface area contributed by atoms with Gasteiger partial charge in [0.1, 0.15) is 11.8 Å². The zero-order chi connectivity index (χ0) is 26.9. The van der Waals surface area contributed by atoms with E-state index in [0.29, 0.717) is 5.56 Å². The molecule has 3 heterocycles. The minimum Gasteiger partial charge on any atom is -0.495 e. The molecule has 0 bridgehead atoms. The van der Waals surface area contributed by atoms with E-state index in [-0.39, 0.29) is 17.6 Å². The molecule has 4 aromatic rings. The summed E-state index contributed by atoms with van der Waals surface area (Å²) in [6.07, 6.45) is 5.76. The van der Waals surface area contributed by atoms with Gasteiger partial charge in [-0.15, -0.1) is 5.10 Å². The van der Waals surface area contributed by atoms with Gasteiger partial charge in [-0.05, 0) is 71.8 Å². The molecule has 0 spiro atoms. The Morgan fingerprint density at radius 2 is 1.77 bits per heavy atom. The van der Waals surface area contributed by atoms with Crippen LogP contribution < -0.4 is 15.2 Å².